The second-order valence-corrected chi connectivity index (χ2v) is 8.53. The first kappa shape index (κ1) is 19.5. The zero-order chi connectivity index (χ0) is 22.2. The highest BCUT2D eigenvalue weighted by atomic mass is 32.1. The molecule has 3 aromatic carbocycles. The molecule has 3 heterocycles. The van der Waals surface area contributed by atoms with E-state index in [2.05, 4.69) is 15.4 Å². The highest BCUT2D eigenvalue weighted by Crippen LogP contribution is 2.34. The Morgan fingerprint density at radius 3 is 2.70 bits per heavy atom. The van der Waals surface area contributed by atoms with E-state index in [4.69, 9.17) is 9.47 Å². The van der Waals surface area contributed by atoms with Crippen molar-refractivity contribution in [1.82, 2.24) is 10.3 Å². The Balaban J connectivity index is 1.31. The SMILES string of the molecule is O=C1/C(=C/NCc2ccc3c(c2)OCO3)C(c2ccccc2)=NN1c1nc2ccccc2s1. The van der Waals surface area contributed by atoms with Gasteiger partial charge in [-0.05, 0) is 29.8 Å². The fraction of sp³-hybridized carbons (Fsp3) is 0.0800. The number of rotatable bonds is 5. The fourth-order valence-electron chi connectivity index (χ4n) is 3.76. The lowest BCUT2D eigenvalue weighted by atomic mass is 10.0. The van der Waals surface area contributed by atoms with Crippen LogP contribution in [0.2, 0.25) is 0 Å². The molecular weight excluding hydrogens is 436 g/mol. The predicted molar refractivity (Wildman–Crippen MR) is 128 cm³/mol. The third kappa shape index (κ3) is 3.60. The number of aromatic nitrogens is 1. The monoisotopic (exact) mass is 454 g/mol. The summed E-state index contributed by atoms with van der Waals surface area (Å²) in [6.07, 6.45) is 1.73. The lowest BCUT2D eigenvalue weighted by molar-refractivity contribution is -0.114. The molecule has 0 fully saturated rings. The Labute approximate surface area is 193 Å². The van der Waals surface area contributed by atoms with Gasteiger partial charge in [0.2, 0.25) is 11.9 Å². The van der Waals surface area contributed by atoms with Crippen LogP contribution in [0.1, 0.15) is 11.1 Å². The molecule has 33 heavy (non-hydrogen) atoms. The quantitative estimate of drug-likeness (QED) is 0.451. The summed E-state index contributed by atoms with van der Waals surface area (Å²) in [5, 5.41) is 9.86. The Kier molecular flexibility index (Phi) is 4.77. The summed E-state index contributed by atoms with van der Waals surface area (Å²) in [5.41, 5.74) is 3.83. The summed E-state index contributed by atoms with van der Waals surface area (Å²) in [6, 6.07) is 23.3. The van der Waals surface area contributed by atoms with Crippen LogP contribution < -0.4 is 19.8 Å². The third-order valence-corrected chi connectivity index (χ3v) is 6.39. The largest absolute Gasteiger partial charge is 0.454 e. The molecule has 1 amide bonds. The van der Waals surface area contributed by atoms with Gasteiger partial charge in [-0.3, -0.25) is 4.79 Å². The van der Waals surface area contributed by atoms with E-state index in [1.165, 1.54) is 16.3 Å². The number of para-hydroxylation sites is 1. The number of anilines is 1. The molecule has 2 aliphatic rings. The molecule has 1 N–H and O–H groups in total. The topological polar surface area (TPSA) is 76.1 Å². The van der Waals surface area contributed by atoms with Gasteiger partial charge in [-0.1, -0.05) is 59.9 Å². The lowest BCUT2D eigenvalue weighted by Gasteiger charge is -2.07. The summed E-state index contributed by atoms with van der Waals surface area (Å²) in [6.45, 7) is 0.764. The zero-order valence-corrected chi connectivity index (χ0v) is 18.2. The first-order chi connectivity index (χ1) is 16.3. The van der Waals surface area contributed by atoms with E-state index in [1.807, 2.05) is 72.8 Å². The summed E-state index contributed by atoms with van der Waals surface area (Å²) in [7, 11) is 0. The minimum Gasteiger partial charge on any atom is -0.454 e. The number of fused-ring (bicyclic) bond motifs is 2. The van der Waals surface area contributed by atoms with Crippen LogP contribution in [0.3, 0.4) is 0 Å². The highest BCUT2D eigenvalue weighted by molar-refractivity contribution is 7.22. The molecule has 162 valence electrons. The van der Waals surface area contributed by atoms with Crippen molar-refractivity contribution in [3.63, 3.8) is 0 Å². The van der Waals surface area contributed by atoms with E-state index >= 15 is 0 Å². The Morgan fingerprint density at radius 1 is 1.00 bits per heavy atom. The normalized spacial score (nSPS) is 16.0. The number of nitrogens with zero attached hydrogens (tertiary/aromatic N) is 3. The Hall–Kier alpha value is -4.17. The molecule has 4 aromatic rings. The number of thiazole rings is 1. The number of amides is 1. The Morgan fingerprint density at radius 2 is 1.82 bits per heavy atom. The van der Waals surface area contributed by atoms with Gasteiger partial charge in [0.25, 0.3) is 5.91 Å². The van der Waals surface area contributed by atoms with E-state index in [-0.39, 0.29) is 12.7 Å². The molecule has 0 bridgehead atoms. The van der Waals surface area contributed by atoms with E-state index < -0.39 is 0 Å². The van der Waals surface area contributed by atoms with Gasteiger partial charge in [0.1, 0.15) is 5.71 Å². The van der Waals surface area contributed by atoms with Crippen LogP contribution in [0.4, 0.5) is 5.13 Å². The molecule has 0 radical (unpaired) electrons. The van der Waals surface area contributed by atoms with Crippen LogP contribution in [-0.2, 0) is 11.3 Å². The van der Waals surface area contributed by atoms with Gasteiger partial charge in [-0.15, -0.1) is 0 Å². The summed E-state index contributed by atoms with van der Waals surface area (Å²) in [4.78, 5) is 18.0. The average Bonchev–Trinajstić information content (AvgIpc) is 3.56. The third-order valence-electron chi connectivity index (χ3n) is 5.38. The van der Waals surface area contributed by atoms with Crippen molar-refractivity contribution in [2.75, 3.05) is 11.8 Å². The summed E-state index contributed by atoms with van der Waals surface area (Å²) < 4.78 is 11.8. The van der Waals surface area contributed by atoms with Crippen LogP contribution in [0.5, 0.6) is 11.5 Å². The van der Waals surface area contributed by atoms with Crippen LogP contribution in [0.25, 0.3) is 10.2 Å². The molecule has 7 nitrogen and oxygen atoms in total. The van der Waals surface area contributed by atoms with Crippen molar-refractivity contribution in [2.45, 2.75) is 6.54 Å². The maximum absolute atomic E-state index is 13.4. The van der Waals surface area contributed by atoms with Gasteiger partial charge < -0.3 is 14.8 Å². The average molecular weight is 455 g/mol. The van der Waals surface area contributed by atoms with Crippen molar-refractivity contribution >= 4 is 38.3 Å². The van der Waals surface area contributed by atoms with Crippen molar-refractivity contribution in [3.05, 3.63) is 95.7 Å². The molecule has 0 atom stereocenters. The van der Waals surface area contributed by atoms with Crippen LogP contribution in [0, 0.1) is 0 Å². The zero-order valence-electron chi connectivity index (χ0n) is 17.4. The first-order valence-electron chi connectivity index (χ1n) is 10.4. The van der Waals surface area contributed by atoms with Crippen LogP contribution >= 0.6 is 11.3 Å². The summed E-state index contributed by atoms with van der Waals surface area (Å²) in [5.74, 6) is 1.26. The molecule has 6 rings (SSSR count). The number of ether oxygens (including phenoxy) is 2. The van der Waals surface area contributed by atoms with Gasteiger partial charge in [0.15, 0.2) is 11.5 Å². The number of hydrogen-bond acceptors (Lipinski definition) is 7. The number of carbonyl (C=O) groups excluding carboxylic acids is 1. The molecule has 0 spiro atoms. The molecule has 8 heteroatoms. The smallest absolute Gasteiger partial charge is 0.284 e. The Bertz CT molecular complexity index is 1400. The van der Waals surface area contributed by atoms with Crippen molar-refractivity contribution < 1.29 is 14.3 Å². The summed E-state index contributed by atoms with van der Waals surface area (Å²) >= 11 is 1.44. The van der Waals surface area contributed by atoms with Gasteiger partial charge in [0.05, 0.1) is 15.8 Å². The number of hydrazone groups is 1. The predicted octanol–water partition coefficient (Wildman–Crippen LogP) is 4.45. The van der Waals surface area contributed by atoms with Gasteiger partial charge >= 0.3 is 0 Å². The number of hydrogen-bond donors (Lipinski definition) is 1. The van der Waals surface area contributed by atoms with Crippen molar-refractivity contribution in [3.8, 4) is 11.5 Å². The second kappa shape index (κ2) is 8.07. The minimum absolute atomic E-state index is 0.217. The number of nitrogens with one attached hydrogen (secondary N) is 1. The molecule has 0 saturated heterocycles. The first-order valence-corrected chi connectivity index (χ1v) is 11.2. The lowest BCUT2D eigenvalue weighted by Crippen LogP contribution is -2.22. The van der Waals surface area contributed by atoms with Crippen LogP contribution in [-0.4, -0.2) is 23.4 Å². The van der Waals surface area contributed by atoms with Crippen molar-refractivity contribution in [1.29, 1.82) is 0 Å². The van der Waals surface area contributed by atoms with Gasteiger partial charge in [-0.2, -0.15) is 10.1 Å². The maximum atomic E-state index is 13.4. The number of benzene rings is 3. The van der Waals surface area contributed by atoms with Gasteiger partial charge in [-0.25, -0.2) is 4.98 Å². The fourth-order valence-corrected chi connectivity index (χ4v) is 4.67. The molecule has 1 aromatic heterocycles. The minimum atomic E-state index is -0.217. The molecule has 0 unspecified atom stereocenters. The molecule has 0 aliphatic carbocycles. The number of carbonyl (C=O) groups is 1. The van der Waals surface area contributed by atoms with Crippen molar-refractivity contribution in [2.24, 2.45) is 5.10 Å². The van der Waals surface area contributed by atoms with Crippen LogP contribution in [0.15, 0.2) is 89.7 Å². The maximum Gasteiger partial charge on any atom is 0.284 e. The van der Waals surface area contributed by atoms with Gasteiger partial charge in [0, 0.05) is 18.3 Å². The van der Waals surface area contributed by atoms with E-state index in [1.54, 1.807) is 6.20 Å². The second-order valence-electron chi connectivity index (χ2n) is 7.52. The highest BCUT2D eigenvalue weighted by Gasteiger charge is 2.33. The molecule has 0 saturated carbocycles. The molecule has 2 aliphatic heterocycles. The molecular formula is C25H18N4O3S. The van der Waals surface area contributed by atoms with E-state index in [0.717, 1.165) is 32.8 Å². The standard InChI is InChI=1S/C25H18N4O3S/c30-24-18(14-26-13-16-10-11-20-21(12-16)32-15-31-20)23(17-6-2-1-3-7-17)28-29(24)25-27-19-8-4-5-9-22(19)33-25/h1-12,14,26H,13,15H2/b18-14+. The van der Waals surface area contributed by atoms with E-state index in [0.29, 0.717) is 23.0 Å². The van der Waals surface area contributed by atoms with E-state index in [9.17, 15) is 4.79 Å².